The Hall–Kier alpha value is -2.60. The van der Waals surface area contributed by atoms with E-state index >= 15 is 0 Å². The van der Waals surface area contributed by atoms with Gasteiger partial charge >= 0.3 is 5.97 Å². The standard InChI is InChI=1S/C27H39NO4Si/c1-11-13-23(29)31-21-17-16-20-14-12-15-22(32-33(9,10)27(6,7)8)24(20)25(21)26(30)28(18(2)3)19(4)5/h11-19H,1-10H3/b13-11+. The minimum Gasteiger partial charge on any atom is -0.543 e. The smallest absolute Gasteiger partial charge is 0.335 e. The number of nitrogens with zero attached hydrogens (tertiary/aromatic N) is 1. The number of hydrogen-bond acceptors (Lipinski definition) is 4. The number of carbonyl (C=O) groups excluding carboxylic acids is 2. The molecule has 0 radical (unpaired) electrons. The number of fused-ring (bicyclic) bond motifs is 1. The van der Waals surface area contributed by atoms with Crippen LogP contribution in [0.25, 0.3) is 10.8 Å². The van der Waals surface area contributed by atoms with Gasteiger partial charge in [0.15, 0.2) is 0 Å². The van der Waals surface area contributed by atoms with E-state index in [0.29, 0.717) is 16.7 Å². The van der Waals surface area contributed by atoms with Gasteiger partial charge in [-0.2, -0.15) is 0 Å². The van der Waals surface area contributed by atoms with Crippen LogP contribution in [-0.4, -0.2) is 37.2 Å². The Kier molecular flexibility index (Phi) is 8.17. The minimum atomic E-state index is -2.20. The lowest BCUT2D eigenvalue weighted by molar-refractivity contribution is -0.129. The zero-order chi connectivity index (χ0) is 25.1. The van der Waals surface area contributed by atoms with Crippen LogP contribution in [0.3, 0.4) is 0 Å². The lowest BCUT2D eigenvalue weighted by Crippen LogP contribution is -2.44. The lowest BCUT2D eigenvalue weighted by Gasteiger charge is -2.37. The molecule has 0 aliphatic rings. The molecule has 0 fully saturated rings. The van der Waals surface area contributed by atoms with Crippen LogP contribution in [0.1, 0.15) is 65.7 Å². The molecule has 0 atom stereocenters. The lowest BCUT2D eigenvalue weighted by atomic mass is 10.00. The second kappa shape index (κ2) is 10.1. The summed E-state index contributed by atoms with van der Waals surface area (Å²) < 4.78 is 12.4. The quantitative estimate of drug-likeness (QED) is 0.190. The van der Waals surface area contributed by atoms with Gasteiger partial charge in [-0.1, -0.05) is 45.0 Å². The molecule has 0 aliphatic heterocycles. The summed E-state index contributed by atoms with van der Waals surface area (Å²) in [5.41, 5.74) is 0.363. The second-order valence-electron chi connectivity index (χ2n) is 10.5. The number of ether oxygens (including phenoxy) is 1. The summed E-state index contributed by atoms with van der Waals surface area (Å²) in [6.07, 6.45) is 2.96. The van der Waals surface area contributed by atoms with Gasteiger partial charge in [-0.15, -0.1) is 0 Å². The van der Waals surface area contributed by atoms with E-state index in [1.807, 2.05) is 56.9 Å². The number of esters is 1. The van der Waals surface area contributed by atoms with Crippen molar-refractivity contribution in [3.63, 3.8) is 0 Å². The molecule has 1 amide bonds. The summed E-state index contributed by atoms with van der Waals surface area (Å²) in [6.45, 7) is 20.6. The highest BCUT2D eigenvalue weighted by Gasteiger charge is 2.40. The number of amides is 1. The van der Waals surface area contributed by atoms with E-state index in [1.54, 1.807) is 19.1 Å². The molecule has 180 valence electrons. The zero-order valence-corrected chi connectivity index (χ0v) is 22.8. The fourth-order valence-corrected chi connectivity index (χ4v) is 4.64. The molecule has 5 nitrogen and oxygen atoms in total. The molecule has 0 N–H and O–H groups in total. The van der Waals surface area contributed by atoms with Crippen LogP contribution >= 0.6 is 0 Å². The second-order valence-corrected chi connectivity index (χ2v) is 15.2. The van der Waals surface area contributed by atoms with Crippen molar-refractivity contribution in [1.82, 2.24) is 4.90 Å². The van der Waals surface area contributed by atoms with Crippen LogP contribution in [0.15, 0.2) is 42.5 Å². The van der Waals surface area contributed by atoms with Crippen LogP contribution < -0.4 is 9.16 Å². The number of rotatable bonds is 7. The van der Waals surface area contributed by atoms with Gasteiger partial charge in [0.2, 0.25) is 0 Å². The molecule has 0 bridgehead atoms. The largest absolute Gasteiger partial charge is 0.543 e. The van der Waals surface area contributed by atoms with E-state index in [1.165, 1.54) is 6.08 Å². The van der Waals surface area contributed by atoms with Crippen molar-refractivity contribution in [2.75, 3.05) is 0 Å². The number of allylic oxidation sites excluding steroid dienone is 1. The fourth-order valence-electron chi connectivity index (χ4n) is 3.61. The summed E-state index contributed by atoms with van der Waals surface area (Å²) in [6, 6.07) is 9.32. The molecule has 2 rings (SSSR count). The minimum absolute atomic E-state index is 0.0166. The Morgan fingerprint density at radius 3 is 2.09 bits per heavy atom. The van der Waals surface area contributed by atoms with Gasteiger partial charge in [0.25, 0.3) is 14.2 Å². The molecule has 33 heavy (non-hydrogen) atoms. The van der Waals surface area contributed by atoms with E-state index in [0.717, 1.165) is 5.39 Å². The van der Waals surface area contributed by atoms with Crippen LogP contribution in [0, 0.1) is 0 Å². The molecular weight excluding hydrogens is 430 g/mol. The van der Waals surface area contributed by atoms with E-state index in [2.05, 4.69) is 33.9 Å². The third-order valence-electron chi connectivity index (χ3n) is 6.21. The average molecular weight is 470 g/mol. The van der Waals surface area contributed by atoms with Gasteiger partial charge in [-0.3, -0.25) is 4.79 Å². The van der Waals surface area contributed by atoms with Crippen LogP contribution in [0.5, 0.6) is 11.5 Å². The van der Waals surface area contributed by atoms with Crippen LogP contribution in [0.4, 0.5) is 0 Å². The molecule has 0 unspecified atom stereocenters. The molecule has 0 aromatic heterocycles. The van der Waals surface area contributed by atoms with Crippen molar-refractivity contribution >= 4 is 31.0 Å². The number of hydrogen-bond donors (Lipinski definition) is 0. The highest BCUT2D eigenvalue weighted by Crippen LogP contribution is 2.42. The normalized spacial score (nSPS) is 12.6. The molecule has 0 heterocycles. The van der Waals surface area contributed by atoms with E-state index in [9.17, 15) is 9.59 Å². The van der Waals surface area contributed by atoms with Crippen molar-refractivity contribution < 1.29 is 18.8 Å². The first-order chi connectivity index (χ1) is 15.2. The highest BCUT2D eigenvalue weighted by molar-refractivity contribution is 6.74. The summed E-state index contributed by atoms with van der Waals surface area (Å²) in [5, 5.41) is 1.54. The number of benzene rings is 2. The SMILES string of the molecule is C/C=C/C(=O)Oc1ccc2cccc(O[Si](C)(C)C(C)(C)C)c2c1C(=O)N(C(C)C)C(C)C. The topological polar surface area (TPSA) is 55.8 Å². The first-order valence-corrected chi connectivity index (χ1v) is 14.5. The van der Waals surface area contributed by atoms with Crippen LogP contribution in [-0.2, 0) is 4.79 Å². The Morgan fingerprint density at radius 2 is 1.58 bits per heavy atom. The van der Waals surface area contributed by atoms with Gasteiger partial charge in [-0.25, -0.2) is 4.79 Å². The molecule has 0 spiro atoms. The molecule has 2 aromatic rings. The maximum Gasteiger partial charge on any atom is 0.335 e. The zero-order valence-electron chi connectivity index (χ0n) is 21.8. The Labute approximate surface area is 199 Å². The Morgan fingerprint density at radius 1 is 0.970 bits per heavy atom. The van der Waals surface area contributed by atoms with Crippen LogP contribution in [0.2, 0.25) is 18.1 Å². The maximum atomic E-state index is 14.0. The summed E-state index contributed by atoms with van der Waals surface area (Å²) in [4.78, 5) is 28.1. The van der Waals surface area contributed by atoms with E-state index in [4.69, 9.17) is 9.16 Å². The average Bonchev–Trinajstić information content (AvgIpc) is 2.66. The van der Waals surface area contributed by atoms with Crippen molar-refractivity contribution in [2.45, 2.75) is 85.6 Å². The third kappa shape index (κ3) is 5.85. The Bertz CT molecular complexity index is 1040. The van der Waals surface area contributed by atoms with Crippen molar-refractivity contribution in [2.24, 2.45) is 0 Å². The summed E-state index contributed by atoms with van der Waals surface area (Å²) in [5.74, 6) is 0.196. The first-order valence-electron chi connectivity index (χ1n) is 11.6. The molecule has 0 saturated carbocycles. The van der Waals surface area contributed by atoms with Gasteiger partial charge in [0.1, 0.15) is 11.5 Å². The van der Waals surface area contributed by atoms with E-state index in [-0.39, 0.29) is 28.8 Å². The highest BCUT2D eigenvalue weighted by atomic mass is 28.4. The number of carbonyl (C=O) groups is 2. The maximum absolute atomic E-state index is 14.0. The fraction of sp³-hybridized carbons (Fsp3) is 0.481. The summed E-state index contributed by atoms with van der Waals surface area (Å²) in [7, 11) is -2.20. The van der Waals surface area contributed by atoms with Gasteiger partial charge < -0.3 is 14.1 Å². The van der Waals surface area contributed by atoms with Crippen molar-refractivity contribution in [3.8, 4) is 11.5 Å². The van der Waals surface area contributed by atoms with Gasteiger partial charge in [0, 0.05) is 23.5 Å². The third-order valence-corrected chi connectivity index (χ3v) is 10.6. The van der Waals surface area contributed by atoms with Gasteiger partial charge in [0.05, 0.1) is 5.56 Å². The van der Waals surface area contributed by atoms with E-state index < -0.39 is 14.3 Å². The molecule has 2 aromatic carbocycles. The van der Waals surface area contributed by atoms with Gasteiger partial charge in [-0.05, 0) is 70.3 Å². The molecular formula is C27H39NO4Si. The molecule has 0 saturated heterocycles. The molecule has 6 heteroatoms. The molecule has 0 aliphatic carbocycles. The first kappa shape index (κ1) is 26.6. The predicted molar refractivity (Wildman–Crippen MR) is 139 cm³/mol. The Balaban J connectivity index is 2.86. The summed E-state index contributed by atoms with van der Waals surface area (Å²) >= 11 is 0. The van der Waals surface area contributed by atoms with Crippen molar-refractivity contribution in [1.29, 1.82) is 0 Å². The van der Waals surface area contributed by atoms with Crippen molar-refractivity contribution in [3.05, 3.63) is 48.0 Å². The monoisotopic (exact) mass is 469 g/mol. The predicted octanol–water partition coefficient (Wildman–Crippen LogP) is 6.96.